The molecule has 126 valence electrons. The molecular weight excluding hydrogens is 327 g/mol. The first-order valence-electron chi connectivity index (χ1n) is 8.28. The van der Waals surface area contributed by atoms with Crippen LogP contribution in [0.15, 0.2) is 78.9 Å². The van der Waals surface area contributed by atoms with Crippen LogP contribution in [-0.4, -0.2) is 19.2 Å². The van der Waals surface area contributed by atoms with Crippen molar-refractivity contribution in [2.45, 2.75) is 6.92 Å². The zero-order valence-electron chi connectivity index (χ0n) is 14.3. The number of benzene rings is 3. The van der Waals surface area contributed by atoms with Crippen molar-refractivity contribution >= 4 is 35.4 Å². The summed E-state index contributed by atoms with van der Waals surface area (Å²) in [6.07, 6.45) is 5.58. The Morgan fingerprint density at radius 2 is 1.44 bits per heavy atom. The van der Waals surface area contributed by atoms with Crippen molar-refractivity contribution in [2.24, 2.45) is 0 Å². The van der Waals surface area contributed by atoms with Crippen molar-refractivity contribution in [3.63, 3.8) is 0 Å². The van der Waals surface area contributed by atoms with Gasteiger partial charge in [0.05, 0.1) is 12.2 Å². The highest BCUT2D eigenvalue weighted by Gasteiger charge is 2.26. The highest BCUT2D eigenvalue weighted by molar-refractivity contribution is 7.93. The number of carbonyl (C=O) groups excluding carboxylic acids is 1. The summed E-state index contributed by atoms with van der Waals surface area (Å²) in [5, 5.41) is 3.22. The summed E-state index contributed by atoms with van der Waals surface area (Å²) in [6, 6.07) is 26.2. The molecule has 3 aromatic rings. The second kappa shape index (κ2) is 7.55. The smallest absolute Gasteiger partial charge is 0.154 e. The molecule has 0 saturated heterocycles. The van der Waals surface area contributed by atoms with Crippen LogP contribution in [-0.2, 0) is 0 Å². The van der Waals surface area contributed by atoms with Crippen molar-refractivity contribution in [3.8, 4) is 5.75 Å². The maximum atomic E-state index is 11.9. The fraction of sp³-hybridized carbons (Fsp3) is 0.0909. The van der Waals surface area contributed by atoms with Crippen molar-refractivity contribution < 1.29 is 9.53 Å². The molecule has 3 rings (SSSR count). The lowest BCUT2D eigenvalue weighted by Gasteiger charge is -2.28. The number of aldehydes is 1. The summed E-state index contributed by atoms with van der Waals surface area (Å²) in [4.78, 5) is 11.9. The van der Waals surface area contributed by atoms with Crippen LogP contribution < -0.4 is 20.7 Å². The number of ether oxygens (including phenoxy) is 1. The first kappa shape index (κ1) is 17.3. The van der Waals surface area contributed by atoms with Gasteiger partial charge in [-0.1, -0.05) is 79.1 Å². The Morgan fingerprint density at radius 1 is 0.880 bits per heavy atom. The van der Waals surface area contributed by atoms with Gasteiger partial charge in [0.15, 0.2) is 6.29 Å². The molecule has 0 aliphatic heterocycles. The Balaban J connectivity index is 2.33. The van der Waals surface area contributed by atoms with Gasteiger partial charge in [-0.15, -0.1) is 0 Å². The van der Waals surface area contributed by atoms with Crippen LogP contribution in [0.3, 0.4) is 0 Å². The second-order valence-corrected chi connectivity index (χ2v) is 8.85. The number of carbonyl (C=O) groups is 1. The lowest BCUT2D eigenvalue weighted by Crippen LogP contribution is -2.28. The van der Waals surface area contributed by atoms with Gasteiger partial charge in [0.1, 0.15) is 5.75 Å². The minimum atomic E-state index is -2.19. The van der Waals surface area contributed by atoms with E-state index in [9.17, 15) is 4.79 Å². The van der Waals surface area contributed by atoms with Gasteiger partial charge in [-0.3, -0.25) is 4.79 Å². The molecule has 0 unspecified atom stereocenters. The van der Waals surface area contributed by atoms with Crippen LogP contribution in [0, 0.1) is 0 Å². The zero-order chi connectivity index (χ0) is 17.7. The van der Waals surface area contributed by atoms with Crippen LogP contribution in [0.4, 0.5) is 0 Å². The van der Waals surface area contributed by atoms with Crippen molar-refractivity contribution in [2.75, 3.05) is 6.61 Å². The van der Waals surface area contributed by atoms with Crippen LogP contribution in [0.1, 0.15) is 17.3 Å². The van der Waals surface area contributed by atoms with E-state index in [2.05, 4.69) is 30.6 Å². The molecule has 2 nitrogen and oxygen atoms in total. The second-order valence-electron chi connectivity index (χ2n) is 5.72. The van der Waals surface area contributed by atoms with Gasteiger partial charge >= 0.3 is 0 Å². The third-order valence-electron chi connectivity index (χ3n) is 4.27. The number of hydrogen-bond donors (Lipinski definition) is 0. The first-order chi connectivity index (χ1) is 12.2. The van der Waals surface area contributed by atoms with E-state index < -0.39 is 6.89 Å². The van der Waals surface area contributed by atoms with Crippen LogP contribution in [0.2, 0.25) is 0 Å². The zero-order valence-corrected chi connectivity index (χ0v) is 15.2. The normalized spacial score (nSPS) is 11.1. The highest BCUT2D eigenvalue weighted by Crippen LogP contribution is 2.43. The maximum Gasteiger partial charge on any atom is 0.154 e. The van der Waals surface area contributed by atoms with E-state index in [-0.39, 0.29) is 0 Å². The van der Waals surface area contributed by atoms with E-state index >= 15 is 0 Å². The summed E-state index contributed by atoms with van der Waals surface area (Å²) in [7, 11) is 0. The lowest BCUT2D eigenvalue weighted by atomic mass is 10.2. The third kappa shape index (κ3) is 3.18. The molecule has 0 saturated carbocycles. The Morgan fingerprint density at radius 3 is 1.92 bits per heavy atom. The number of hydrogen-bond acceptors (Lipinski definition) is 2. The van der Waals surface area contributed by atoms with E-state index in [1.54, 1.807) is 0 Å². The molecule has 0 spiro atoms. The highest BCUT2D eigenvalue weighted by atomic mass is 31.2. The van der Waals surface area contributed by atoms with Gasteiger partial charge in [-0.2, -0.15) is 0 Å². The maximum absolute atomic E-state index is 11.9. The monoisotopic (exact) mass is 348 g/mol. The van der Waals surface area contributed by atoms with E-state index in [0.29, 0.717) is 17.9 Å². The third-order valence-corrected chi connectivity index (χ3v) is 7.84. The quantitative estimate of drug-likeness (QED) is 0.502. The Hall–Kier alpha value is -2.57. The predicted octanol–water partition coefficient (Wildman–Crippen LogP) is 3.62. The molecular formula is C22H21O2P. The molecule has 3 heteroatoms. The average molecular weight is 348 g/mol. The summed E-state index contributed by atoms with van der Waals surface area (Å²) in [5.74, 6) is 0.620. The van der Waals surface area contributed by atoms with Gasteiger partial charge < -0.3 is 4.74 Å². The van der Waals surface area contributed by atoms with Crippen LogP contribution in [0.5, 0.6) is 5.75 Å². The first-order valence-corrected chi connectivity index (χ1v) is 10.3. The minimum Gasteiger partial charge on any atom is -0.493 e. The van der Waals surface area contributed by atoms with Gasteiger partial charge in [-0.25, -0.2) is 0 Å². The lowest BCUT2D eigenvalue weighted by molar-refractivity contribution is 0.112. The molecule has 0 N–H and O–H groups in total. The Bertz CT molecular complexity index is 858. The van der Waals surface area contributed by atoms with Crippen molar-refractivity contribution in [3.05, 3.63) is 84.4 Å². The molecule has 3 aromatic carbocycles. The van der Waals surface area contributed by atoms with Crippen LogP contribution in [0.25, 0.3) is 0 Å². The summed E-state index contributed by atoms with van der Waals surface area (Å²) in [5.41, 5.74) is 0.598. The molecule has 25 heavy (non-hydrogen) atoms. The Kier molecular flexibility index (Phi) is 5.21. The van der Waals surface area contributed by atoms with Gasteiger partial charge in [0, 0.05) is 0 Å². The predicted molar refractivity (Wildman–Crippen MR) is 109 cm³/mol. The fourth-order valence-corrected chi connectivity index (χ4v) is 6.19. The molecule has 0 aliphatic carbocycles. The Labute approximate surface area is 149 Å². The molecule has 0 aromatic heterocycles. The molecule has 0 amide bonds. The molecule has 0 fully saturated rings. The van der Waals surface area contributed by atoms with Gasteiger partial charge in [-0.05, 0) is 35.8 Å². The van der Waals surface area contributed by atoms with Crippen molar-refractivity contribution in [1.29, 1.82) is 0 Å². The van der Waals surface area contributed by atoms with Gasteiger partial charge in [0.25, 0.3) is 0 Å². The largest absolute Gasteiger partial charge is 0.493 e. The fourth-order valence-electron chi connectivity index (χ4n) is 3.06. The van der Waals surface area contributed by atoms with E-state index in [0.717, 1.165) is 22.2 Å². The molecule has 0 heterocycles. The van der Waals surface area contributed by atoms with E-state index in [4.69, 9.17) is 4.74 Å². The standard InChI is InChI=1S/C22H21O2P/c1-3-24-21-15-10-16-22(20(21)17-23)25(2,18-11-6-4-7-12-18)19-13-8-5-9-14-19/h4-17H,2-3H2,1H3. The summed E-state index contributed by atoms with van der Waals surface area (Å²) >= 11 is 0. The molecule has 0 atom stereocenters. The summed E-state index contributed by atoms with van der Waals surface area (Å²) < 4.78 is 5.69. The molecule has 0 bridgehead atoms. The SMILES string of the molecule is C=P(c1ccccc1)(c1ccccc1)c1cccc(OCC)c1C=O. The molecule has 0 aliphatic rings. The molecule has 0 radical (unpaired) electrons. The summed E-state index contributed by atoms with van der Waals surface area (Å²) in [6.45, 7) is 0.244. The van der Waals surface area contributed by atoms with Crippen molar-refractivity contribution in [1.82, 2.24) is 0 Å². The number of rotatable bonds is 6. The average Bonchev–Trinajstić information content (AvgIpc) is 2.69. The minimum absolute atomic E-state index is 0.517. The van der Waals surface area contributed by atoms with Crippen LogP contribution >= 0.6 is 6.89 Å². The van der Waals surface area contributed by atoms with Gasteiger partial charge in [0.2, 0.25) is 0 Å². The topological polar surface area (TPSA) is 26.3 Å². The van der Waals surface area contributed by atoms with E-state index in [1.807, 2.05) is 61.5 Å². The van der Waals surface area contributed by atoms with E-state index in [1.165, 1.54) is 0 Å².